The van der Waals surface area contributed by atoms with Crippen LogP contribution in [-0.2, 0) is 0 Å². The second kappa shape index (κ2) is 5.23. The van der Waals surface area contributed by atoms with E-state index in [1.807, 2.05) is 10.8 Å². The molecule has 1 fully saturated rings. The Morgan fingerprint density at radius 3 is 2.80 bits per heavy atom. The van der Waals surface area contributed by atoms with Crippen molar-refractivity contribution in [2.24, 2.45) is 5.92 Å². The number of nitrogens with one attached hydrogen (secondary N) is 1. The first kappa shape index (κ1) is 11.3. The molecule has 1 aliphatic heterocycles. The summed E-state index contributed by atoms with van der Waals surface area (Å²) in [6.07, 6.45) is 2.97. The van der Waals surface area contributed by atoms with Crippen LogP contribution in [0.3, 0.4) is 0 Å². The summed E-state index contributed by atoms with van der Waals surface area (Å²) in [5.74, 6) is 0.862. The van der Waals surface area contributed by atoms with Crippen molar-refractivity contribution in [2.45, 2.75) is 19.3 Å². The summed E-state index contributed by atoms with van der Waals surface area (Å²) in [5.41, 5.74) is 0.860. The lowest BCUT2D eigenvalue weighted by molar-refractivity contribution is 0.0952. The number of rotatable bonds is 3. The van der Waals surface area contributed by atoms with Gasteiger partial charge in [-0.1, -0.05) is 0 Å². The number of carbonyl (C=O) groups is 1. The predicted molar refractivity (Wildman–Crippen MR) is 66.6 cm³/mol. The largest absolute Gasteiger partial charge is 0.317 e. The van der Waals surface area contributed by atoms with Gasteiger partial charge in [0, 0.05) is 27.2 Å². The van der Waals surface area contributed by atoms with E-state index >= 15 is 0 Å². The number of Topliss-reactive ketones (excluding diaryl/α,β-unsaturated/α-hetero) is 1. The third-order valence-corrected chi connectivity index (χ3v) is 4.55. The molecule has 2 heterocycles. The fourth-order valence-corrected chi connectivity index (χ4v) is 3.46. The standard InChI is InChI=1S/C11H14BrNOS/c12-10-7-15-6-9(10)11(14)5-8-1-3-13-4-2-8/h6-8,13H,1-5H2. The van der Waals surface area contributed by atoms with Crippen LogP contribution < -0.4 is 5.32 Å². The molecule has 4 heteroatoms. The average molecular weight is 288 g/mol. The zero-order chi connectivity index (χ0) is 10.7. The maximum atomic E-state index is 12.0. The van der Waals surface area contributed by atoms with Gasteiger partial charge in [0.2, 0.25) is 0 Å². The van der Waals surface area contributed by atoms with E-state index in [1.165, 1.54) is 0 Å². The van der Waals surface area contributed by atoms with Crippen molar-refractivity contribution >= 4 is 33.0 Å². The molecule has 1 aromatic heterocycles. The van der Waals surface area contributed by atoms with E-state index < -0.39 is 0 Å². The Morgan fingerprint density at radius 2 is 2.20 bits per heavy atom. The normalized spacial score (nSPS) is 17.9. The summed E-state index contributed by atoms with van der Waals surface area (Å²) >= 11 is 4.99. The van der Waals surface area contributed by atoms with Crippen LogP contribution in [0, 0.1) is 5.92 Å². The molecular formula is C11H14BrNOS. The first-order chi connectivity index (χ1) is 7.27. The van der Waals surface area contributed by atoms with Crippen molar-refractivity contribution < 1.29 is 4.79 Å². The smallest absolute Gasteiger partial charge is 0.165 e. The van der Waals surface area contributed by atoms with Crippen molar-refractivity contribution in [3.05, 3.63) is 20.8 Å². The van der Waals surface area contributed by atoms with Gasteiger partial charge in [-0.05, 0) is 47.8 Å². The number of hydrogen-bond donors (Lipinski definition) is 1. The van der Waals surface area contributed by atoms with Crippen LogP contribution in [-0.4, -0.2) is 18.9 Å². The van der Waals surface area contributed by atoms with Gasteiger partial charge >= 0.3 is 0 Å². The number of carbonyl (C=O) groups excluding carboxylic acids is 1. The molecule has 0 bridgehead atoms. The Bertz CT molecular complexity index is 344. The minimum atomic E-state index is 0.287. The maximum Gasteiger partial charge on any atom is 0.165 e. The van der Waals surface area contributed by atoms with Gasteiger partial charge in [-0.3, -0.25) is 4.79 Å². The highest BCUT2D eigenvalue weighted by molar-refractivity contribution is 9.10. The SMILES string of the molecule is O=C(CC1CCNCC1)c1cscc1Br. The summed E-state index contributed by atoms with van der Waals surface area (Å²) in [5, 5.41) is 7.22. The molecular weight excluding hydrogens is 274 g/mol. The molecule has 0 saturated carbocycles. The summed E-state index contributed by atoms with van der Waals surface area (Å²) in [7, 11) is 0. The number of halogens is 1. The molecule has 15 heavy (non-hydrogen) atoms. The maximum absolute atomic E-state index is 12.0. The Hall–Kier alpha value is -0.190. The summed E-state index contributed by atoms with van der Waals surface area (Å²) < 4.78 is 0.950. The number of ketones is 1. The van der Waals surface area contributed by atoms with Gasteiger partial charge in [-0.2, -0.15) is 11.3 Å². The third kappa shape index (κ3) is 2.89. The van der Waals surface area contributed by atoms with Crippen molar-refractivity contribution in [3.8, 4) is 0 Å². The Morgan fingerprint density at radius 1 is 1.47 bits per heavy atom. The molecule has 1 N–H and O–H groups in total. The van der Waals surface area contributed by atoms with Crippen molar-refractivity contribution in [3.63, 3.8) is 0 Å². The van der Waals surface area contributed by atoms with E-state index in [0.29, 0.717) is 12.3 Å². The van der Waals surface area contributed by atoms with Gasteiger partial charge in [0.05, 0.1) is 0 Å². The van der Waals surface area contributed by atoms with Crippen LogP contribution in [0.2, 0.25) is 0 Å². The van der Waals surface area contributed by atoms with E-state index in [-0.39, 0.29) is 5.78 Å². The van der Waals surface area contributed by atoms with Gasteiger partial charge in [-0.25, -0.2) is 0 Å². The van der Waals surface area contributed by atoms with Crippen LogP contribution in [0.15, 0.2) is 15.2 Å². The molecule has 1 saturated heterocycles. The molecule has 0 spiro atoms. The lowest BCUT2D eigenvalue weighted by Gasteiger charge is -2.21. The summed E-state index contributed by atoms with van der Waals surface area (Å²) in [6, 6.07) is 0. The highest BCUT2D eigenvalue weighted by Crippen LogP contribution is 2.25. The number of hydrogen-bond acceptors (Lipinski definition) is 3. The van der Waals surface area contributed by atoms with Crippen LogP contribution in [0.1, 0.15) is 29.6 Å². The van der Waals surface area contributed by atoms with Crippen LogP contribution in [0.25, 0.3) is 0 Å². The Kier molecular flexibility index (Phi) is 3.94. The molecule has 0 atom stereocenters. The second-order valence-electron chi connectivity index (χ2n) is 3.95. The van der Waals surface area contributed by atoms with Gasteiger partial charge in [0.15, 0.2) is 5.78 Å². The Balaban J connectivity index is 1.94. The van der Waals surface area contributed by atoms with E-state index in [0.717, 1.165) is 36.0 Å². The number of thiophene rings is 1. The summed E-state index contributed by atoms with van der Waals surface area (Å²) in [4.78, 5) is 12.0. The van der Waals surface area contributed by atoms with E-state index in [4.69, 9.17) is 0 Å². The summed E-state index contributed by atoms with van der Waals surface area (Å²) in [6.45, 7) is 2.12. The van der Waals surface area contributed by atoms with Crippen molar-refractivity contribution in [1.29, 1.82) is 0 Å². The fourth-order valence-electron chi connectivity index (χ4n) is 1.94. The van der Waals surface area contributed by atoms with Crippen LogP contribution in [0.5, 0.6) is 0 Å². The molecule has 2 rings (SSSR count). The second-order valence-corrected chi connectivity index (χ2v) is 5.55. The first-order valence-corrected chi connectivity index (χ1v) is 6.96. The highest BCUT2D eigenvalue weighted by Gasteiger charge is 2.19. The quantitative estimate of drug-likeness (QED) is 0.866. The number of piperidine rings is 1. The first-order valence-electron chi connectivity index (χ1n) is 5.23. The van der Waals surface area contributed by atoms with Gasteiger partial charge in [-0.15, -0.1) is 0 Å². The zero-order valence-electron chi connectivity index (χ0n) is 8.46. The minimum absolute atomic E-state index is 0.287. The molecule has 82 valence electrons. The van der Waals surface area contributed by atoms with Crippen molar-refractivity contribution in [2.75, 3.05) is 13.1 Å². The molecule has 0 aromatic carbocycles. The topological polar surface area (TPSA) is 29.1 Å². The van der Waals surface area contributed by atoms with E-state index in [2.05, 4.69) is 21.2 Å². The van der Waals surface area contributed by atoms with Crippen LogP contribution in [0.4, 0.5) is 0 Å². The van der Waals surface area contributed by atoms with E-state index in [1.54, 1.807) is 11.3 Å². The molecule has 0 radical (unpaired) electrons. The van der Waals surface area contributed by atoms with E-state index in [9.17, 15) is 4.79 Å². The highest BCUT2D eigenvalue weighted by atomic mass is 79.9. The molecule has 0 unspecified atom stereocenters. The van der Waals surface area contributed by atoms with Crippen LogP contribution >= 0.6 is 27.3 Å². The molecule has 0 amide bonds. The fraction of sp³-hybridized carbons (Fsp3) is 0.545. The van der Waals surface area contributed by atoms with Gasteiger partial charge < -0.3 is 5.32 Å². The third-order valence-electron chi connectivity index (χ3n) is 2.85. The Labute approximate surface area is 102 Å². The predicted octanol–water partition coefficient (Wildman–Crippen LogP) is 3.08. The lowest BCUT2D eigenvalue weighted by Crippen LogP contribution is -2.28. The van der Waals surface area contributed by atoms with Gasteiger partial charge in [0.25, 0.3) is 0 Å². The molecule has 0 aliphatic carbocycles. The van der Waals surface area contributed by atoms with Gasteiger partial charge in [0.1, 0.15) is 0 Å². The minimum Gasteiger partial charge on any atom is -0.317 e. The zero-order valence-corrected chi connectivity index (χ0v) is 10.9. The monoisotopic (exact) mass is 287 g/mol. The molecule has 1 aromatic rings. The molecule has 2 nitrogen and oxygen atoms in total. The average Bonchev–Trinajstić information content (AvgIpc) is 2.66. The lowest BCUT2D eigenvalue weighted by atomic mass is 9.91. The molecule has 1 aliphatic rings. The van der Waals surface area contributed by atoms with Crippen molar-refractivity contribution in [1.82, 2.24) is 5.32 Å².